The molecule has 0 aromatic carbocycles. The molecule has 2 aromatic heterocycles. The van der Waals surface area contributed by atoms with Crippen LogP contribution >= 0.6 is 0 Å². The number of hydrogen-bond donors (Lipinski definition) is 1. The first-order valence-electron chi connectivity index (χ1n) is 7.87. The van der Waals surface area contributed by atoms with E-state index in [1.54, 1.807) is 0 Å². The molecule has 0 amide bonds. The van der Waals surface area contributed by atoms with Crippen LogP contribution in [0.3, 0.4) is 0 Å². The number of rotatable bonds is 6. The van der Waals surface area contributed by atoms with Crippen LogP contribution in [0.4, 0.5) is 0 Å². The highest BCUT2D eigenvalue weighted by molar-refractivity contribution is 5.06. The second-order valence-corrected chi connectivity index (χ2v) is 5.82. The van der Waals surface area contributed by atoms with Gasteiger partial charge < -0.3 is 9.88 Å². The van der Waals surface area contributed by atoms with Crippen molar-refractivity contribution in [3.8, 4) is 0 Å². The Morgan fingerprint density at radius 3 is 2.95 bits per heavy atom. The van der Waals surface area contributed by atoms with Crippen LogP contribution in [-0.4, -0.2) is 31.1 Å². The molecule has 114 valence electrons. The molecule has 0 bridgehead atoms. The van der Waals surface area contributed by atoms with Gasteiger partial charge in [0, 0.05) is 25.2 Å². The van der Waals surface area contributed by atoms with Gasteiger partial charge in [-0.15, -0.1) is 10.2 Å². The van der Waals surface area contributed by atoms with Crippen LogP contribution < -0.4 is 5.32 Å². The Morgan fingerprint density at radius 2 is 2.14 bits per heavy atom. The molecule has 3 heterocycles. The van der Waals surface area contributed by atoms with E-state index >= 15 is 0 Å². The Morgan fingerprint density at radius 1 is 1.24 bits per heavy atom. The molecule has 0 unspecified atom stereocenters. The minimum atomic E-state index is 0.810. The minimum Gasteiger partial charge on any atom is -0.314 e. The van der Waals surface area contributed by atoms with Gasteiger partial charge in [-0.25, -0.2) is 0 Å². The Labute approximate surface area is 125 Å². The summed E-state index contributed by atoms with van der Waals surface area (Å²) in [4.78, 5) is 0. The van der Waals surface area contributed by atoms with Gasteiger partial charge in [0.15, 0.2) is 0 Å². The summed E-state index contributed by atoms with van der Waals surface area (Å²) in [5, 5.41) is 16.5. The van der Waals surface area contributed by atoms with E-state index in [4.69, 9.17) is 0 Å². The van der Waals surface area contributed by atoms with Crippen LogP contribution in [0.5, 0.6) is 0 Å². The molecule has 0 saturated heterocycles. The molecule has 2 aromatic rings. The highest BCUT2D eigenvalue weighted by Crippen LogP contribution is 2.13. The number of nitrogens with one attached hydrogen (secondary N) is 1. The zero-order chi connectivity index (χ0) is 14.7. The van der Waals surface area contributed by atoms with Gasteiger partial charge in [0.2, 0.25) is 0 Å². The molecule has 0 saturated carbocycles. The van der Waals surface area contributed by atoms with Gasteiger partial charge in [-0.05, 0) is 45.7 Å². The first-order chi connectivity index (χ1) is 10.2. The SMILES string of the molecule is Cc1cc(C)n(CCCNCc2nnc3n2CCCC3)n1. The highest BCUT2D eigenvalue weighted by Gasteiger charge is 2.14. The molecule has 1 aliphatic rings. The number of fused-ring (bicyclic) bond motifs is 1. The van der Waals surface area contributed by atoms with Gasteiger partial charge in [0.1, 0.15) is 11.6 Å². The second kappa shape index (κ2) is 6.39. The number of nitrogens with zero attached hydrogens (tertiary/aromatic N) is 5. The number of aromatic nitrogens is 5. The van der Waals surface area contributed by atoms with Crippen LogP contribution in [0, 0.1) is 13.8 Å². The first-order valence-corrected chi connectivity index (χ1v) is 7.87. The fourth-order valence-electron chi connectivity index (χ4n) is 2.95. The maximum absolute atomic E-state index is 4.48. The van der Waals surface area contributed by atoms with Crippen LogP contribution in [0.25, 0.3) is 0 Å². The zero-order valence-corrected chi connectivity index (χ0v) is 13.0. The lowest BCUT2D eigenvalue weighted by molar-refractivity contribution is 0.488. The van der Waals surface area contributed by atoms with E-state index in [-0.39, 0.29) is 0 Å². The van der Waals surface area contributed by atoms with Gasteiger partial charge in [0.05, 0.1) is 12.2 Å². The Bertz CT molecular complexity index is 597. The normalized spacial score (nSPS) is 14.4. The van der Waals surface area contributed by atoms with Crippen molar-refractivity contribution < 1.29 is 0 Å². The molecular weight excluding hydrogens is 264 g/mol. The van der Waals surface area contributed by atoms with Gasteiger partial charge >= 0.3 is 0 Å². The molecule has 21 heavy (non-hydrogen) atoms. The predicted molar refractivity (Wildman–Crippen MR) is 81.0 cm³/mol. The fraction of sp³-hybridized carbons (Fsp3) is 0.667. The largest absolute Gasteiger partial charge is 0.314 e. The van der Waals surface area contributed by atoms with E-state index in [9.17, 15) is 0 Å². The molecule has 0 atom stereocenters. The van der Waals surface area contributed by atoms with Crippen molar-refractivity contribution in [2.24, 2.45) is 0 Å². The lowest BCUT2D eigenvalue weighted by atomic mass is 10.2. The van der Waals surface area contributed by atoms with E-state index in [0.717, 1.165) is 56.4 Å². The summed E-state index contributed by atoms with van der Waals surface area (Å²) < 4.78 is 4.35. The summed E-state index contributed by atoms with van der Waals surface area (Å²) >= 11 is 0. The summed E-state index contributed by atoms with van der Waals surface area (Å²) in [5.74, 6) is 2.23. The van der Waals surface area contributed by atoms with E-state index in [1.807, 2.05) is 6.92 Å². The van der Waals surface area contributed by atoms with Crippen molar-refractivity contribution in [1.82, 2.24) is 29.9 Å². The standard InChI is InChI=1S/C15H24N6/c1-12-10-13(2)21(19-12)9-5-7-16-11-15-18-17-14-6-3-4-8-20(14)15/h10,16H,3-9,11H2,1-2H3. The van der Waals surface area contributed by atoms with Crippen molar-refractivity contribution in [3.63, 3.8) is 0 Å². The second-order valence-electron chi connectivity index (χ2n) is 5.82. The van der Waals surface area contributed by atoms with Crippen molar-refractivity contribution in [2.75, 3.05) is 6.54 Å². The summed E-state index contributed by atoms with van der Waals surface area (Å²) in [7, 11) is 0. The van der Waals surface area contributed by atoms with Gasteiger partial charge in [-0.1, -0.05) is 0 Å². The quantitative estimate of drug-likeness (QED) is 0.820. The number of aryl methyl sites for hydroxylation is 4. The first kappa shape index (κ1) is 14.3. The van der Waals surface area contributed by atoms with Gasteiger partial charge in [0.25, 0.3) is 0 Å². The molecule has 1 N–H and O–H groups in total. The van der Waals surface area contributed by atoms with Crippen LogP contribution in [-0.2, 0) is 26.1 Å². The molecule has 0 spiro atoms. The molecule has 0 aliphatic carbocycles. The fourth-order valence-corrected chi connectivity index (χ4v) is 2.95. The third kappa shape index (κ3) is 3.32. The molecule has 6 nitrogen and oxygen atoms in total. The molecule has 6 heteroatoms. The maximum atomic E-state index is 4.48. The average Bonchev–Trinajstić information content (AvgIpc) is 3.02. The van der Waals surface area contributed by atoms with Gasteiger partial charge in [-0.3, -0.25) is 4.68 Å². The van der Waals surface area contributed by atoms with Crippen molar-refractivity contribution in [3.05, 3.63) is 29.1 Å². The Balaban J connectivity index is 1.42. The van der Waals surface area contributed by atoms with Crippen molar-refractivity contribution >= 4 is 0 Å². The minimum absolute atomic E-state index is 0.810. The highest BCUT2D eigenvalue weighted by atomic mass is 15.3. The Kier molecular flexibility index (Phi) is 4.34. The number of hydrogen-bond acceptors (Lipinski definition) is 4. The van der Waals surface area contributed by atoms with E-state index in [0.29, 0.717) is 0 Å². The van der Waals surface area contributed by atoms with E-state index in [1.165, 1.54) is 18.5 Å². The van der Waals surface area contributed by atoms with Crippen molar-refractivity contribution in [2.45, 2.75) is 59.2 Å². The third-order valence-electron chi connectivity index (χ3n) is 4.05. The van der Waals surface area contributed by atoms with Crippen molar-refractivity contribution in [1.29, 1.82) is 0 Å². The monoisotopic (exact) mass is 288 g/mol. The predicted octanol–water partition coefficient (Wildman–Crippen LogP) is 1.61. The lowest BCUT2D eigenvalue weighted by Gasteiger charge is -2.14. The van der Waals surface area contributed by atoms with Crippen LogP contribution in [0.15, 0.2) is 6.07 Å². The molecule has 3 rings (SSSR count). The summed E-state index contributed by atoms with van der Waals surface area (Å²) in [6, 6.07) is 2.12. The smallest absolute Gasteiger partial charge is 0.147 e. The van der Waals surface area contributed by atoms with E-state index in [2.05, 4.69) is 42.9 Å². The topological polar surface area (TPSA) is 60.6 Å². The Hall–Kier alpha value is -1.69. The van der Waals surface area contributed by atoms with Crippen LogP contribution in [0.1, 0.15) is 42.3 Å². The third-order valence-corrected chi connectivity index (χ3v) is 4.05. The average molecular weight is 288 g/mol. The maximum Gasteiger partial charge on any atom is 0.147 e. The summed E-state index contributed by atoms with van der Waals surface area (Å²) in [6.45, 7) is 7.96. The molecule has 0 fully saturated rings. The molecule has 0 radical (unpaired) electrons. The molecule has 1 aliphatic heterocycles. The molecular formula is C15H24N6. The van der Waals surface area contributed by atoms with Gasteiger partial charge in [-0.2, -0.15) is 5.10 Å². The zero-order valence-electron chi connectivity index (χ0n) is 13.0. The van der Waals surface area contributed by atoms with Crippen LogP contribution in [0.2, 0.25) is 0 Å². The van der Waals surface area contributed by atoms with E-state index < -0.39 is 0 Å². The summed E-state index contributed by atoms with van der Waals surface area (Å²) in [5.41, 5.74) is 2.33. The lowest BCUT2D eigenvalue weighted by Crippen LogP contribution is -2.21. The summed E-state index contributed by atoms with van der Waals surface area (Å²) in [6.07, 6.45) is 4.64.